The number of rotatable bonds is 8. The molecule has 0 saturated heterocycles. The maximum Gasteiger partial charge on any atom is 0.221 e. The van der Waals surface area contributed by atoms with Gasteiger partial charge < -0.3 is 15.8 Å². The van der Waals surface area contributed by atoms with Crippen LogP contribution in [0.25, 0.3) is 0 Å². The van der Waals surface area contributed by atoms with E-state index in [1.54, 1.807) is 7.11 Å². The third kappa shape index (κ3) is 6.43. The number of ether oxygens (including phenoxy) is 1. The Bertz CT molecular complexity index is 176. The van der Waals surface area contributed by atoms with Gasteiger partial charge in [-0.2, -0.15) is 0 Å². The van der Waals surface area contributed by atoms with Gasteiger partial charge in [0.2, 0.25) is 5.91 Å². The second kappa shape index (κ2) is 8.64. The molecule has 5 heteroatoms. The minimum atomic E-state index is 0.0530. The summed E-state index contributed by atoms with van der Waals surface area (Å²) in [5, 5.41) is 2.77. The van der Waals surface area contributed by atoms with Crippen LogP contribution in [0, 0.1) is 0 Å². The van der Waals surface area contributed by atoms with Gasteiger partial charge in [0.15, 0.2) is 0 Å². The molecule has 3 N–H and O–H groups in total. The molecule has 0 aromatic heterocycles. The van der Waals surface area contributed by atoms with Crippen LogP contribution in [0.4, 0.5) is 0 Å². The zero-order valence-electron chi connectivity index (χ0n) is 9.95. The Hall–Kier alpha value is -0.650. The largest absolute Gasteiger partial charge is 0.383 e. The zero-order chi connectivity index (χ0) is 11.7. The first kappa shape index (κ1) is 14.3. The van der Waals surface area contributed by atoms with Crippen molar-refractivity contribution in [2.45, 2.75) is 19.4 Å². The molecule has 0 aromatic rings. The summed E-state index contributed by atoms with van der Waals surface area (Å²) in [4.78, 5) is 13.4. The lowest BCUT2D eigenvalue weighted by Gasteiger charge is -2.26. The number of nitrogens with one attached hydrogen (secondary N) is 1. The van der Waals surface area contributed by atoms with E-state index in [-0.39, 0.29) is 11.9 Å². The molecule has 1 amide bonds. The molecule has 0 spiro atoms. The topological polar surface area (TPSA) is 67.6 Å². The number of likely N-dealkylation sites (N-methyl/N-ethyl adjacent to an activating group) is 1. The number of carbonyl (C=O) groups excluding carboxylic acids is 1. The Labute approximate surface area is 91.9 Å². The van der Waals surface area contributed by atoms with Gasteiger partial charge in [-0.3, -0.25) is 9.69 Å². The number of methoxy groups -OCH3 is 1. The van der Waals surface area contributed by atoms with Crippen LogP contribution in [0.2, 0.25) is 0 Å². The number of nitrogens with two attached hydrogens (primary N) is 1. The second-order valence-electron chi connectivity index (χ2n) is 3.52. The van der Waals surface area contributed by atoms with E-state index >= 15 is 0 Å². The van der Waals surface area contributed by atoms with E-state index in [1.807, 2.05) is 14.0 Å². The molecule has 0 saturated carbocycles. The van der Waals surface area contributed by atoms with E-state index in [4.69, 9.17) is 10.5 Å². The van der Waals surface area contributed by atoms with Crippen molar-refractivity contribution >= 4 is 5.91 Å². The van der Waals surface area contributed by atoms with E-state index in [0.717, 1.165) is 6.54 Å². The Morgan fingerprint density at radius 3 is 2.73 bits per heavy atom. The molecule has 1 unspecified atom stereocenters. The van der Waals surface area contributed by atoms with E-state index in [0.29, 0.717) is 26.1 Å². The molecule has 15 heavy (non-hydrogen) atoms. The predicted molar refractivity (Wildman–Crippen MR) is 60.6 cm³/mol. The zero-order valence-corrected chi connectivity index (χ0v) is 9.95. The lowest BCUT2D eigenvalue weighted by molar-refractivity contribution is -0.122. The SMILES string of the molecule is CCNC(=O)CC(CN)N(C)CCOC. The fourth-order valence-corrected chi connectivity index (χ4v) is 1.32. The fourth-order valence-electron chi connectivity index (χ4n) is 1.32. The maximum absolute atomic E-state index is 11.4. The Balaban J connectivity index is 3.93. The summed E-state index contributed by atoms with van der Waals surface area (Å²) in [5.41, 5.74) is 5.63. The number of amides is 1. The average Bonchev–Trinajstić information content (AvgIpc) is 2.22. The van der Waals surface area contributed by atoms with Crippen molar-refractivity contribution in [1.29, 1.82) is 0 Å². The molecule has 90 valence electrons. The van der Waals surface area contributed by atoms with Crippen LogP contribution < -0.4 is 11.1 Å². The van der Waals surface area contributed by atoms with Crippen LogP contribution in [0.5, 0.6) is 0 Å². The van der Waals surface area contributed by atoms with Gasteiger partial charge in [0, 0.05) is 39.2 Å². The number of hydrogen-bond acceptors (Lipinski definition) is 4. The fraction of sp³-hybridized carbons (Fsp3) is 0.900. The first-order valence-corrected chi connectivity index (χ1v) is 5.31. The summed E-state index contributed by atoms with van der Waals surface area (Å²) in [6, 6.07) is 0.0895. The van der Waals surface area contributed by atoms with Crippen LogP contribution in [-0.4, -0.2) is 57.2 Å². The Kier molecular flexibility index (Phi) is 8.27. The van der Waals surface area contributed by atoms with E-state index in [9.17, 15) is 4.79 Å². The van der Waals surface area contributed by atoms with Crippen molar-refractivity contribution < 1.29 is 9.53 Å². The van der Waals surface area contributed by atoms with Gasteiger partial charge >= 0.3 is 0 Å². The molecule has 0 aliphatic rings. The summed E-state index contributed by atoms with van der Waals surface area (Å²) in [5.74, 6) is 0.0530. The van der Waals surface area contributed by atoms with Crippen LogP contribution in [0.15, 0.2) is 0 Å². The molecule has 0 fully saturated rings. The third-order valence-electron chi connectivity index (χ3n) is 2.34. The van der Waals surface area contributed by atoms with Crippen molar-refractivity contribution in [2.75, 3.05) is 40.4 Å². The highest BCUT2D eigenvalue weighted by molar-refractivity contribution is 5.76. The van der Waals surface area contributed by atoms with Crippen LogP contribution >= 0.6 is 0 Å². The maximum atomic E-state index is 11.4. The molecule has 0 aliphatic heterocycles. The molecule has 0 aromatic carbocycles. The first-order chi connectivity index (χ1) is 7.15. The second-order valence-corrected chi connectivity index (χ2v) is 3.52. The highest BCUT2D eigenvalue weighted by atomic mass is 16.5. The minimum Gasteiger partial charge on any atom is -0.383 e. The molecule has 0 radical (unpaired) electrons. The highest BCUT2D eigenvalue weighted by Gasteiger charge is 2.16. The molecule has 0 rings (SSSR count). The molecular weight excluding hydrogens is 194 g/mol. The molecule has 0 heterocycles. The molecule has 0 bridgehead atoms. The van der Waals surface area contributed by atoms with Crippen molar-refractivity contribution in [3.63, 3.8) is 0 Å². The van der Waals surface area contributed by atoms with Gasteiger partial charge in [-0.25, -0.2) is 0 Å². The lowest BCUT2D eigenvalue weighted by Crippen LogP contribution is -2.43. The van der Waals surface area contributed by atoms with Crippen molar-refractivity contribution in [3.8, 4) is 0 Å². The summed E-state index contributed by atoms with van der Waals surface area (Å²) < 4.78 is 4.98. The van der Waals surface area contributed by atoms with Crippen molar-refractivity contribution in [1.82, 2.24) is 10.2 Å². The smallest absolute Gasteiger partial charge is 0.221 e. The normalized spacial score (nSPS) is 12.9. The standard InChI is InChI=1S/C10H23N3O2/c1-4-12-10(14)7-9(8-11)13(2)5-6-15-3/h9H,4-8,11H2,1-3H3,(H,12,14). The van der Waals surface area contributed by atoms with Crippen LogP contribution in [-0.2, 0) is 9.53 Å². The third-order valence-corrected chi connectivity index (χ3v) is 2.34. The number of hydrogen-bond donors (Lipinski definition) is 2. The van der Waals surface area contributed by atoms with Gasteiger partial charge in [-0.05, 0) is 14.0 Å². The summed E-state index contributed by atoms with van der Waals surface area (Å²) >= 11 is 0. The number of nitrogens with zero attached hydrogens (tertiary/aromatic N) is 1. The van der Waals surface area contributed by atoms with Crippen LogP contribution in [0.3, 0.4) is 0 Å². The Morgan fingerprint density at radius 2 is 2.27 bits per heavy atom. The summed E-state index contributed by atoms with van der Waals surface area (Å²) in [6.07, 6.45) is 0.449. The monoisotopic (exact) mass is 217 g/mol. The van der Waals surface area contributed by atoms with Gasteiger partial charge in [0.1, 0.15) is 0 Å². The molecule has 1 atom stereocenters. The van der Waals surface area contributed by atoms with E-state index < -0.39 is 0 Å². The van der Waals surface area contributed by atoms with Gasteiger partial charge in [0.25, 0.3) is 0 Å². The van der Waals surface area contributed by atoms with E-state index in [1.165, 1.54) is 0 Å². The average molecular weight is 217 g/mol. The van der Waals surface area contributed by atoms with Crippen molar-refractivity contribution in [3.05, 3.63) is 0 Å². The predicted octanol–water partition coefficient (Wildman–Crippen LogP) is -0.582. The minimum absolute atomic E-state index is 0.0530. The molecular formula is C10H23N3O2. The molecule has 0 aliphatic carbocycles. The summed E-state index contributed by atoms with van der Waals surface area (Å²) in [7, 11) is 3.62. The van der Waals surface area contributed by atoms with E-state index in [2.05, 4.69) is 10.2 Å². The highest BCUT2D eigenvalue weighted by Crippen LogP contribution is 2.00. The Morgan fingerprint density at radius 1 is 1.60 bits per heavy atom. The van der Waals surface area contributed by atoms with Crippen molar-refractivity contribution in [2.24, 2.45) is 5.73 Å². The quantitative estimate of drug-likeness (QED) is 0.571. The lowest BCUT2D eigenvalue weighted by atomic mass is 10.1. The van der Waals surface area contributed by atoms with Gasteiger partial charge in [-0.15, -0.1) is 0 Å². The number of carbonyl (C=O) groups is 1. The van der Waals surface area contributed by atoms with Crippen LogP contribution in [0.1, 0.15) is 13.3 Å². The van der Waals surface area contributed by atoms with Gasteiger partial charge in [-0.1, -0.05) is 0 Å². The summed E-state index contributed by atoms with van der Waals surface area (Å²) in [6.45, 7) is 4.50. The first-order valence-electron chi connectivity index (χ1n) is 5.31. The molecule has 5 nitrogen and oxygen atoms in total. The van der Waals surface area contributed by atoms with Gasteiger partial charge in [0.05, 0.1) is 6.61 Å².